The molecule has 0 saturated carbocycles. The van der Waals surface area contributed by atoms with Gasteiger partial charge in [-0.3, -0.25) is 9.59 Å². The van der Waals surface area contributed by atoms with Gasteiger partial charge in [-0.1, -0.05) is 23.7 Å². The molecule has 0 bridgehead atoms. The zero-order chi connectivity index (χ0) is 17.1. The molecule has 1 amide bonds. The van der Waals surface area contributed by atoms with E-state index in [2.05, 4.69) is 16.4 Å². The number of rotatable bonds is 5. The number of hydrazine groups is 2. The molecule has 7 nitrogen and oxygen atoms in total. The Hall–Kier alpha value is -1.67. The van der Waals surface area contributed by atoms with E-state index < -0.39 is 5.97 Å². The Morgan fingerprint density at radius 1 is 1.25 bits per heavy atom. The lowest BCUT2D eigenvalue weighted by Crippen LogP contribution is -2.41. The SMILES string of the molecule is O=C(O)C[C@@H]1CN(C(=O)Cc2ccc(Cl)cc2)C[C@@H]1C1CNNN1. The highest BCUT2D eigenvalue weighted by atomic mass is 35.5. The summed E-state index contributed by atoms with van der Waals surface area (Å²) in [6, 6.07) is 7.33. The van der Waals surface area contributed by atoms with E-state index in [-0.39, 0.29) is 30.2 Å². The molecule has 0 radical (unpaired) electrons. The molecule has 1 unspecified atom stereocenters. The van der Waals surface area contributed by atoms with Crippen LogP contribution in [0.4, 0.5) is 0 Å². The molecule has 2 aliphatic rings. The molecule has 2 aliphatic heterocycles. The first kappa shape index (κ1) is 17.2. The van der Waals surface area contributed by atoms with Crippen molar-refractivity contribution < 1.29 is 14.7 Å². The number of hydrogen-bond donors (Lipinski definition) is 4. The molecule has 0 aromatic heterocycles. The van der Waals surface area contributed by atoms with Gasteiger partial charge in [0.05, 0.1) is 12.8 Å². The Balaban J connectivity index is 1.65. The Labute approximate surface area is 145 Å². The van der Waals surface area contributed by atoms with Gasteiger partial charge in [0.25, 0.3) is 0 Å². The van der Waals surface area contributed by atoms with Crippen LogP contribution in [0, 0.1) is 11.8 Å². The number of carboxylic acid groups (broad SMARTS) is 1. The normalized spacial score (nSPS) is 26.7. The molecular formula is C16H21ClN4O3. The quantitative estimate of drug-likeness (QED) is 0.613. The molecule has 2 saturated heterocycles. The second-order valence-electron chi connectivity index (χ2n) is 6.38. The summed E-state index contributed by atoms with van der Waals surface area (Å²) >= 11 is 5.86. The first-order valence-corrected chi connectivity index (χ1v) is 8.38. The van der Waals surface area contributed by atoms with E-state index in [1.54, 1.807) is 17.0 Å². The number of amides is 1. The fraction of sp³-hybridized carbons (Fsp3) is 0.500. The lowest BCUT2D eigenvalue weighted by atomic mass is 9.87. The monoisotopic (exact) mass is 352 g/mol. The van der Waals surface area contributed by atoms with Crippen LogP contribution in [0.25, 0.3) is 0 Å². The van der Waals surface area contributed by atoms with Crippen LogP contribution in [0.3, 0.4) is 0 Å². The molecule has 1 aromatic carbocycles. The van der Waals surface area contributed by atoms with Crippen LogP contribution in [-0.2, 0) is 16.0 Å². The number of aliphatic carboxylic acids is 1. The Morgan fingerprint density at radius 2 is 2.00 bits per heavy atom. The fourth-order valence-electron chi connectivity index (χ4n) is 3.50. The van der Waals surface area contributed by atoms with Crippen LogP contribution >= 0.6 is 11.6 Å². The summed E-state index contributed by atoms with van der Waals surface area (Å²) in [5.74, 6) is -0.737. The number of carbonyl (C=O) groups excluding carboxylic acids is 1. The predicted molar refractivity (Wildman–Crippen MR) is 89.0 cm³/mol. The average Bonchev–Trinajstić information content (AvgIpc) is 3.18. The van der Waals surface area contributed by atoms with E-state index >= 15 is 0 Å². The van der Waals surface area contributed by atoms with Crippen LogP contribution < -0.4 is 16.4 Å². The second kappa shape index (κ2) is 7.48. The molecule has 3 atom stereocenters. The number of likely N-dealkylation sites (tertiary alicyclic amines) is 1. The van der Waals surface area contributed by atoms with Gasteiger partial charge < -0.3 is 10.0 Å². The van der Waals surface area contributed by atoms with Gasteiger partial charge in [-0.25, -0.2) is 10.9 Å². The molecule has 0 aliphatic carbocycles. The Morgan fingerprint density at radius 3 is 2.62 bits per heavy atom. The summed E-state index contributed by atoms with van der Waals surface area (Å²) in [6.45, 7) is 1.77. The molecular weight excluding hydrogens is 332 g/mol. The summed E-state index contributed by atoms with van der Waals surface area (Å²) in [5.41, 5.74) is 9.85. The second-order valence-corrected chi connectivity index (χ2v) is 6.82. The third kappa shape index (κ3) is 4.05. The van der Waals surface area contributed by atoms with Crippen molar-refractivity contribution in [1.29, 1.82) is 0 Å². The number of halogens is 1. The zero-order valence-electron chi connectivity index (χ0n) is 13.2. The lowest BCUT2D eigenvalue weighted by Gasteiger charge is -2.22. The molecule has 24 heavy (non-hydrogen) atoms. The summed E-state index contributed by atoms with van der Waals surface area (Å²) < 4.78 is 0. The third-order valence-electron chi connectivity index (χ3n) is 4.73. The molecule has 2 heterocycles. The maximum absolute atomic E-state index is 12.6. The minimum atomic E-state index is -0.823. The van der Waals surface area contributed by atoms with Crippen LogP contribution in [0.1, 0.15) is 12.0 Å². The minimum absolute atomic E-state index is 0.0223. The van der Waals surface area contributed by atoms with Crippen LogP contribution in [0.5, 0.6) is 0 Å². The highest BCUT2D eigenvalue weighted by Crippen LogP contribution is 2.30. The van der Waals surface area contributed by atoms with Crippen molar-refractivity contribution in [2.45, 2.75) is 18.9 Å². The van der Waals surface area contributed by atoms with Crippen molar-refractivity contribution in [3.05, 3.63) is 34.9 Å². The number of nitrogens with one attached hydrogen (secondary N) is 3. The maximum Gasteiger partial charge on any atom is 0.303 e. The molecule has 3 rings (SSSR count). The van der Waals surface area contributed by atoms with Crippen LogP contribution in [0.15, 0.2) is 24.3 Å². The van der Waals surface area contributed by atoms with Gasteiger partial charge in [-0.05, 0) is 29.5 Å². The van der Waals surface area contributed by atoms with Gasteiger partial charge in [-0.2, -0.15) is 5.53 Å². The van der Waals surface area contributed by atoms with Crippen molar-refractivity contribution in [2.24, 2.45) is 11.8 Å². The number of benzene rings is 1. The highest BCUT2D eigenvalue weighted by Gasteiger charge is 2.41. The smallest absolute Gasteiger partial charge is 0.303 e. The van der Waals surface area contributed by atoms with E-state index in [1.165, 1.54) is 0 Å². The van der Waals surface area contributed by atoms with Crippen molar-refractivity contribution in [2.75, 3.05) is 19.6 Å². The molecule has 0 spiro atoms. The fourth-order valence-corrected chi connectivity index (χ4v) is 3.63. The van der Waals surface area contributed by atoms with Gasteiger partial charge in [0, 0.05) is 30.7 Å². The standard InChI is InChI=1S/C16H21ClN4O3/c17-12-3-1-10(2-4-12)5-15(22)21-8-11(6-16(23)24)13(9-21)14-7-18-20-19-14/h1-4,11,13-14,18-20H,5-9H2,(H,23,24)/t11-,13+,14?/m1/s1. The molecule has 4 N–H and O–H groups in total. The van der Waals surface area contributed by atoms with Crippen molar-refractivity contribution in [3.63, 3.8) is 0 Å². The molecule has 8 heteroatoms. The van der Waals surface area contributed by atoms with Gasteiger partial charge >= 0.3 is 5.97 Å². The van der Waals surface area contributed by atoms with Crippen molar-refractivity contribution >= 4 is 23.5 Å². The number of hydrogen-bond acceptors (Lipinski definition) is 5. The molecule has 1 aromatic rings. The largest absolute Gasteiger partial charge is 0.481 e. The minimum Gasteiger partial charge on any atom is -0.481 e. The van der Waals surface area contributed by atoms with Gasteiger partial charge in [0.2, 0.25) is 5.91 Å². The topological polar surface area (TPSA) is 93.7 Å². The maximum atomic E-state index is 12.6. The number of carboxylic acids is 1. The summed E-state index contributed by atoms with van der Waals surface area (Å²) in [7, 11) is 0. The Kier molecular flexibility index (Phi) is 5.35. The first-order chi connectivity index (χ1) is 11.5. The number of carbonyl (C=O) groups is 2. The molecule has 2 fully saturated rings. The van der Waals surface area contributed by atoms with Gasteiger partial charge in [0.15, 0.2) is 0 Å². The zero-order valence-corrected chi connectivity index (χ0v) is 13.9. The summed E-state index contributed by atoms with van der Waals surface area (Å²) in [5, 5.41) is 9.79. The van der Waals surface area contributed by atoms with E-state index in [9.17, 15) is 9.59 Å². The van der Waals surface area contributed by atoms with Crippen molar-refractivity contribution in [3.8, 4) is 0 Å². The summed E-state index contributed by atoms with van der Waals surface area (Å²) in [6.07, 6.45) is 0.381. The van der Waals surface area contributed by atoms with E-state index in [0.717, 1.165) is 5.56 Å². The first-order valence-electron chi connectivity index (χ1n) is 8.00. The summed E-state index contributed by atoms with van der Waals surface area (Å²) in [4.78, 5) is 25.5. The third-order valence-corrected chi connectivity index (χ3v) is 4.99. The predicted octanol–water partition coefficient (Wildman–Crippen LogP) is 0.413. The highest BCUT2D eigenvalue weighted by molar-refractivity contribution is 6.30. The average molecular weight is 353 g/mol. The van der Waals surface area contributed by atoms with E-state index in [4.69, 9.17) is 16.7 Å². The van der Waals surface area contributed by atoms with Crippen molar-refractivity contribution in [1.82, 2.24) is 21.3 Å². The van der Waals surface area contributed by atoms with Crippen LogP contribution in [-0.4, -0.2) is 47.6 Å². The molecule has 130 valence electrons. The van der Waals surface area contributed by atoms with E-state index in [1.807, 2.05) is 12.1 Å². The Bertz CT molecular complexity index is 604. The van der Waals surface area contributed by atoms with Gasteiger partial charge in [0.1, 0.15) is 0 Å². The van der Waals surface area contributed by atoms with Crippen LogP contribution in [0.2, 0.25) is 5.02 Å². The van der Waals surface area contributed by atoms with E-state index in [0.29, 0.717) is 31.1 Å². The number of nitrogens with zero attached hydrogens (tertiary/aromatic N) is 1. The van der Waals surface area contributed by atoms with Gasteiger partial charge in [-0.15, -0.1) is 0 Å². The lowest BCUT2D eigenvalue weighted by molar-refractivity contribution is -0.138.